The number of carbonyl (C=O) groups is 2. The van der Waals surface area contributed by atoms with Crippen molar-refractivity contribution in [3.63, 3.8) is 0 Å². The van der Waals surface area contributed by atoms with Crippen LogP contribution in [0.15, 0.2) is 48.5 Å². The second-order valence-electron chi connectivity index (χ2n) is 5.63. The van der Waals surface area contributed by atoms with Gasteiger partial charge >= 0.3 is 0 Å². The van der Waals surface area contributed by atoms with Crippen LogP contribution in [0.3, 0.4) is 0 Å². The molecule has 6 heteroatoms. The average molecular weight is 343 g/mol. The van der Waals surface area contributed by atoms with Crippen molar-refractivity contribution in [1.29, 1.82) is 0 Å². The van der Waals surface area contributed by atoms with E-state index in [1.54, 1.807) is 30.3 Å². The SMILES string of the molecule is CC(=O)Nc1ccc(NCCC(=O)NCCc2ccccc2F)cc1. The van der Waals surface area contributed by atoms with Crippen molar-refractivity contribution in [2.45, 2.75) is 19.8 Å². The van der Waals surface area contributed by atoms with Gasteiger partial charge in [0.25, 0.3) is 0 Å². The number of rotatable bonds is 8. The van der Waals surface area contributed by atoms with Crippen LogP contribution in [0.4, 0.5) is 15.8 Å². The first-order valence-electron chi connectivity index (χ1n) is 8.16. The highest BCUT2D eigenvalue weighted by Gasteiger charge is 2.04. The minimum atomic E-state index is -0.249. The molecule has 0 bridgehead atoms. The van der Waals surface area contributed by atoms with Crippen LogP contribution >= 0.6 is 0 Å². The number of anilines is 2. The van der Waals surface area contributed by atoms with E-state index in [0.717, 1.165) is 11.4 Å². The van der Waals surface area contributed by atoms with E-state index in [1.807, 2.05) is 12.1 Å². The van der Waals surface area contributed by atoms with Gasteiger partial charge in [0.15, 0.2) is 0 Å². The number of halogens is 1. The summed E-state index contributed by atoms with van der Waals surface area (Å²) < 4.78 is 13.5. The van der Waals surface area contributed by atoms with Gasteiger partial charge in [-0.3, -0.25) is 9.59 Å². The largest absolute Gasteiger partial charge is 0.385 e. The maximum absolute atomic E-state index is 13.5. The minimum Gasteiger partial charge on any atom is -0.385 e. The van der Waals surface area contributed by atoms with Crippen LogP contribution in [0.2, 0.25) is 0 Å². The summed E-state index contributed by atoms with van der Waals surface area (Å²) >= 11 is 0. The highest BCUT2D eigenvalue weighted by molar-refractivity contribution is 5.88. The van der Waals surface area contributed by atoms with Gasteiger partial charge in [-0.2, -0.15) is 0 Å². The van der Waals surface area contributed by atoms with Gasteiger partial charge in [0.2, 0.25) is 11.8 Å². The van der Waals surface area contributed by atoms with Crippen LogP contribution in [0.1, 0.15) is 18.9 Å². The molecule has 0 fully saturated rings. The first-order valence-corrected chi connectivity index (χ1v) is 8.16. The zero-order valence-corrected chi connectivity index (χ0v) is 14.1. The molecule has 132 valence electrons. The number of carbonyl (C=O) groups excluding carboxylic acids is 2. The molecule has 0 aliphatic heterocycles. The minimum absolute atomic E-state index is 0.0845. The van der Waals surface area contributed by atoms with E-state index in [-0.39, 0.29) is 17.6 Å². The molecule has 0 radical (unpaired) electrons. The van der Waals surface area contributed by atoms with E-state index in [2.05, 4.69) is 16.0 Å². The summed E-state index contributed by atoms with van der Waals surface area (Å²) in [5.74, 6) is -0.451. The number of nitrogens with one attached hydrogen (secondary N) is 3. The Bertz CT molecular complexity index is 717. The summed E-state index contributed by atoms with van der Waals surface area (Å²) in [5, 5.41) is 8.61. The molecule has 2 aromatic carbocycles. The third kappa shape index (κ3) is 6.63. The Kier molecular flexibility index (Phi) is 6.95. The number of hydrogen-bond acceptors (Lipinski definition) is 3. The summed E-state index contributed by atoms with van der Waals surface area (Å²) in [6.07, 6.45) is 0.793. The van der Waals surface area contributed by atoms with Crippen molar-refractivity contribution in [3.8, 4) is 0 Å². The van der Waals surface area contributed by atoms with Gasteiger partial charge in [0.05, 0.1) is 0 Å². The Morgan fingerprint density at radius 1 is 0.960 bits per heavy atom. The van der Waals surface area contributed by atoms with Gasteiger partial charge in [0, 0.05) is 37.8 Å². The lowest BCUT2D eigenvalue weighted by atomic mass is 10.1. The van der Waals surface area contributed by atoms with Crippen LogP contribution in [-0.2, 0) is 16.0 Å². The van der Waals surface area contributed by atoms with E-state index in [1.165, 1.54) is 13.0 Å². The van der Waals surface area contributed by atoms with E-state index >= 15 is 0 Å². The maximum atomic E-state index is 13.5. The van der Waals surface area contributed by atoms with Crippen LogP contribution in [0.25, 0.3) is 0 Å². The molecule has 0 aliphatic rings. The third-order valence-electron chi connectivity index (χ3n) is 3.56. The molecule has 2 rings (SSSR count). The van der Waals surface area contributed by atoms with Gasteiger partial charge in [0.1, 0.15) is 5.82 Å². The Balaban J connectivity index is 1.65. The van der Waals surface area contributed by atoms with E-state index in [0.29, 0.717) is 31.5 Å². The van der Waals surface area contributed by atoms with Crippen LogP contribution in [-0.4, -0.2) is 24.9 Å². The summed E-state index contributed by atoms with van der Waals surface area (Å²) in [4.78, 5) is 22.7. The summed E-state index contributed by atoms with van der Waals surface area (Å²) in [6, 6.07) is 13.8. The van der Waals surface area contributed by atoms with Gasteiger partial charge in [-0.05, 0) is 42.3 Å². The van der Waals surface area contributed by atoms with Crippen LogP contribution in [0, 0.1) is 5.82 Å². The predicted octanol–water partition coefficient (Wildman–Crippen LogP) is 2.95. The molecular formula is C19H22FN3O2. The molecule has 2 aromatic rings. The fraction of sp³-hybridized carbons (Fsp3) is 0.263. The van der Waals surface area contributed by atoms with Crippen molar-refractivity contribution in [2.75, 3.05) is 23.7 Å². The standard InChI is InChI=1S/C19H22FN3O2/c1-14(24)23-17-8-6-16(7-9-17)21-13-11-19(25)22-12-10-15-4-2-3-5-18(15)20/h2-9,21H,10-13H2,1H3,(H,22,25)(H,23,24). The highest BCUT2D eigenvalue weighted by Crippen LogP contribution is 2.13. The first kappa shape index (κ1) is 18.4. The predicted molar refractivity (Wildman–Crippen MR) is 97.0 cm³/mol. The Labute approximate surface area is 146 Å². The van der Waals surface area contributed by atoms with Crippen molar-refractivity contribution < 1.29 is 14.0 Å². The Morgan fingerprint density at radius 3 is 2.32 bits per heavy atom. The van der Waals surface area contributed by atoms with E-state index in [4.69, 9.17) is 0 Å². The fourth-order valence-electron chi connectivity index (χ4n) is 2.32. The van der Waals surface area contributed by atoms with Crippen molar-refractivity contribution in [2.24, 2.45) is 0 Å². The smallest absolute Gasteiger partial charge is 0.221 e. The highest BCUT2D eigenvalue weighted by atomic mass is 19.1. The maximum Gasteiger partial charge on any atom is 0.221 e. The molecule has 5 nitrogen and oxygen atoms in total. The summed E-state index contributed by atoms with van der Waals surface area (Å²) in [6.45, 7) is 2.35. The monoisotopic (exact) mass is 343 g/mol. The molecule has 25 heavy (non-hydrogen) atoms. The normalized spacial score (nSPS) is 10.2. The van der Waals surface area contributed by atoms with Gasteiger partial charge in [-0.15, -0.1) is 0 Å². The molecule has 0 saturated carbocycles. The van der Waals surface area contributed by atoms with Gasteiger partial charge < -0.3 is 16.0 Å². The van der Waals surface area contributed by atoms with E-state index in [9.17, 15) is 14.0 Å². The average Bonchev–Trinajstić information content (AvgIpc) is 2.58. The zero-order valence-electron chi connectivity index (χ0n) is 14.1. The van der Waals surface area contributed by atoms with Crippen molar-refractivity contribution in [1.82, 2.24) is 5.32 Å². The summed E-state index contributed by atoms with van der Waals surface area (Å²) in [5.41, 5.74) is 2.19. The molecule has 0 spiro atoms. The molecular weight excluding hydrogens is 321 g/mol. The number of amides is 2. The van der Waals surface area contributed by atoms with Crippen molar-refractivity contribution in [3.05, 3.63) is 59.9 Å². The topological polar surface area (TPSA) is 70.2 Å². The number of benzene rings is 2. The van der Waals surface area contributed by atoms with Gasteiger partial charge in [-0.25, -0.2) is 4.39 Å². The molecule has 2 amide bonds. The fourth-order valence-corrected chi connectivity index (χ4v) is 2.32. The summed E-state index contributed by atoms with van der Waals surface area (Å²) in [7, 11) is 0. The second kappa shape index (κ2) is 9.42. The Morgan fingerprint density at radius 2 is 1.64 bits per heavy atom. The lowest BCUT2D eigenvalue weighted by Crippen LogP contribution is -2.27. The molecule has 0 saturated heterocycles. The first-order chi connectivity index (χ1) is 12.0. The van der Waals surface area contributed by atoms with Crippen LogP contribution < -0.4 is 16.0 Å². The van der Waals surface area contributed by atoms with Crippen LogP contribution in [0.5, 0.6) is 0 Å². The zero-order chi connectivity index (χ0) is 18.1. The molecule has 0 aromatic heterocycles. The van der Waals surface area contributed by atoms with E-state index < -0.39 is 0 Å². The molecule has 3 N–H and O–H groups in total. The number of hydrogen-bond donors (Lipinski definition) is 3. The van der Waals surface area contributed by atoms with Crippen molar-refractivity contribution >= 4 is 23.2 Å². The molecule has 0 aliphatic carbocycles. The Hall–Kier alpha value is -2.89. The quantitative estimate of drug-likeness (QED) is 0.690. The molecule has 0 unspecified atom stereocenters. The third-order valence-corrected chi connectivity index (χ3v) is 3.56. The lowest BCUT2D eigenvalue weighted by Gasteiger charge is -2.09. The lowest BCUT2D eigenvalue weighted by molar-refractivity contribution is -0.120. The molecule has 0 heterocycles. The second-order valence-corrected chi connectivity index (χ2v) is 5.63. The van der Waals surface area contributed by atoms with Gasteiger partial charge in [-0.1, -0.05) is 18.2 Å². The molecule has 0 atom stereocenters.